The summed E-state index contributed by atoms with van der Waals surface area (Å²) >= 11 is 0. The van der Waals surface area contributed by atoms with E-state index in [0.717, 1.165) is 19.4 Å². The third-order valence-electron chi connectivity index (χ3n) is 3.09. The van der Waals surface area contributed by atoms with Crippen molar-refractivity contribution in [3.8, 4) is 0 Å². The maximum Gasteiger partial charge on any atom is 0.240 e. The predicted molar refractivity (Wildman–Crippen MR) is 78.1 cm³/mol. The van der Waals surface area contributed by atoms with Crippen LogP contribution in [0.2, 0.25) is 0 Å². The second-order valence-corrected chi connectivity index (χ2v) is 4.63. The summed E-state index contributed by atoms with van der Waals surface area (Å²) in [6.45, 7) is 9.44. The van der Waals surface area contributed by atoms with Crippen LogP contribution in [0.5, 0.6) is 0 Å². The normalized spacial score (nSPS) is 20.6. The summed E-state index contributed by atoms with van der Waals surface area (Å²) < 4.78 is 5.18. The van der Waals surface area contributed by atoms with Gasteiger partial charge in [0.05, 0.1) is 25.4 Å². The van der Waals surface area contributed by atoms with E-state index in [9.17, 15) is 4.79 Å². The van der Waals surface area contributed by atoms with Crippen molar-refractivity contribution in [2.24, 2.45) is 17.4 Å². The van der Waals surface area contributed by atoms with E-state index >= 15 is 0 Å². The van der Waals surface area contributed by atoms with E-state index in [1.807, 2.05) is 32.6 Å². The van der Waals surface area contributed by atoms with E-state index in [2.05, 4.69) is 0 Å². The Labute approximate surface area is 114 Å². The highest BCUT2D eigenvalue weighted by Crippen LogP contribution is 2.19. The van der Waals surface area contributed by atoms with Crippen LogP contribution in [0.4, 0.5) is 0 Å². The van der Waals surface area contributed by atoms with Gasteiger partial charge in [0, 0.05) is 9.40 Å². The lowest BCUT2D eigenvalue weighted by atomic mass is 10.0. The third kappa shape index (κ3) is 4.92. The molecule has 1 aliphatic rings. The molecule has 0 aromatic carbocycles. The highest BCUT2D eigenvalue weighted by atomic mass is 16.5. The van der Waals surface area contributed by atoms with Crippen LogP contribution in [0.3, 0.4) is 0 Å². The van der Waals surface area contributed by atoms with Crippen LogP contribution in [0.1, 0.15) is 43.4 Å². The van der Waals surface area contributed by atoms with Gasteiger partial charge in [-0.1, -0.05) is 27.7 Å². The smallest absolute Gasteiger partial charge is 0.240 e. The summed E-state index contributed by atoms with van der Waals surface area (Å²) in [7, 11) is 0. The van der Waals surface area contributed by atoms with Crippen LogP contribution < -0.4 is 11.5 Å². The largest absolute Gasteiger partial charge is 0.364 e. The quantitative estimate of drug-likeness (QED) is 0.735. The number of likely N-dealkylation sites (tertiary alicyclic amines) is 1. The first kappa shape index (κ1) is 17.4. The summed E-state index contributed by atoms with van der Waals surface area (Å²) in [4.78, 5) is 13.9. The van der Waals surface area contributed by atoms with E-state index in [-0.39, 0.29) is 27.5 Å². The van der Waals surface area contributed by atoms with Crippen LogP contribution in [0.25, 0.3) is 0 Å². The van der Waals surface area contributed by atoms with E-state index in [0.29, 0.717) is 6.61 Å². The number of hydrogen-bond acceptors (Lipinski definition) is 4. The SMILES string of the molecule is CC.CC(C)[C@H](N)C(=O)N1CCC[C@H]1COCN.[HH].[HH]. The summed E-state index contributed by atoms with van der Waals surface area (Å²) in [6.07, 6.45) is 2.01. The molecule has 1 rings (SSSR count). The summed E-state index contributed by atoms with van der Waals surface area (Å²) in [5.41, 5.74) is 11.2. The molecule has 0 aliphatic carbocycles. The monoisotopic (exact) mass is 263 g/mol. The van der Waals surface area contributed by atoms with Gasteiger partial charge in [0.2, 0.25) is 5.91 Å². The standard InChI is InChI=1S/C11H23N3O2.C2H6.2H2/c1-8(2)10(13)11(15)14-5-3-4-9(14)6-16-7-12;1-2;;/h8-10H,3-7,12-13H2,1-2H3;1-2H3;2*1H/t9-,10-;;;/m0.../s1. The minimum atomic E-state index is -0.404. The van der Waals surface area contributed by atoms with Gasteiger partial charge in [0.15, 0.2) is 0 Å². The number of hydrogen-bond donors (Lipinski definition) is 2. The van der Waals surface area contributed by atoms with Crippen molar-refractivity contribution < 1.29 is 12.4 Å². The zero-order valence-corrected chi connectivity index (χ0v) is 12.2. The van der Waals surface area contributed by atoms with Gasteiger partial charge in [-0.15, -0.1) is 0 Å². The van der Waals surface area contributed by atoms with Gasteiger partial charge in [0.25, 0.3) is 0 Å². The van der Waals surface area contributed by atoms with Gasteiger partial charge in [-0.05, 0) is 18.8 Å². The number of amides is 1. The van der Waals surface area contributed by atoms with Crippen LogP contribution in [-0.4, -0.2) is 42.8 Å². The molecule has 0 saturated carbocycles. The minimum absolute atomic E-state index is 0. The van der Waals surface area contributed by atoms with Crippen molar-refractivity contribution in [2.75, 3.05) is 19.9 Å². The summed E-state index contributed by atoms with van der Waals surface area (Å²) in [6, 6.07) is -0.251. The van der Waals surface area contributed by atoms with Crippen LogP contribution in [0.15, 0.2) is 0 Å². The first-order valence-corrected chi connectivity index (χ1v) is 6.91. The Hall–Kier alpha value is -0.650. The second kappa shape index (κ2) is 9.30. The molecular formula is C13H33N3O2. The molecule has 5 nitrogen and oxygen atoms in total. The number of ether oxygens (including phenoxy) is 1. The molecule has 0 radical (unpaired) electrons. The summed E-state index contributed by atoms with van der Waals surface area (Å²) in [5.74, 6) is 0.210. The number of carbonyl (C=O) groups is 1. The maximum absolute atomic E-state index is 12.1. The Bertz CT molecular complexity index is 244. The highest BCUT2D eigenvalue weighted by Gasteiger charge is 2.32. The second-order valence-electron chi connectivity index (χ2n) is 4.63. The van der Waals surface area contributed by atoms with Crippen molar-refractivity contribution in [1.82, 2.24) is 4.90 Å². The fourth-order valence-corrected chi connectivity index (χ4v) is 1.98. The fourth-order valence-electron chi connectivity index (χ4n) is 1.98. The molecule has 4 N–H and O–H groups in total. The van der Waals surface area contributed by atoms with Gasteiger partial charge in [-0.2, -0.15) is 0 Å². The molecule has 1 aliphatic heterocycles. The van der Waals surface area contributed by atoms with Gasteiger partial charge in [-0.25, -0.2) is 0 Å². The molecule has 5 heteroatoms. The number of nitrogens with two attached hydrogens (primary N) is 2. The molecule has 0 spiro atoms. The molecule has 0 aromatic heterocycles. The molecular weight excluding hydrogens is 230 g/mol. The van der Waals surface area contributed by atoms with E-state index in [1.165, 1.54) is 0 Å². The van der Waals surface area contributed by atoms with Gasteiger partial charge in [0.1, 0.15) is 0 Å². The molecule has 1 amide bonds. The Morgan fingerprint density at radius 1 is 1.50 bits per heavy atom. The molecule has 2 atom stereocenters. The predicted octanol–water partition coefficient (Wildman–Crippen LogP) is 1.41. The zero-order chi connectivity index (χ0) is 14.1. The van der Waals surface area contributed by atoms with Gasteiger partial charge >= 0.3 is 0 Å². The molecule has 0 unspecified atom stereocenters. The van der Waals surface area contributed by atoms with E-state index < -0.39 is 6.04 Å². The summed E-state index contributed by atoms with van der Waals surface area (Å²) in [5, 5.41) is 0. The van der Waals surface area contributed by atoms with Crippen LogP contribution >= 0.6 is 0 Å². The molecule has 18 heavy (non-hydrogen) atoms. The molecule has 1 fully saturated rings. The molecule has 1 saturated heterocycles. The van der Waals surface area contributed by atoms with Crippen LogP contribution in [-0.2, 0) is 9.53 Å². The number of rotatable bonds is 5. The molecule has 1 heterocycles. The zero-order valence-electron chi connectivity index (χ0n) is 12.2. The van der Waals surface area contributed by atoms with Gasteiger partial charge < -0.3 is 21.1 Å². The first-order valence-electron chi connectivity index (χ1n) is 6.91. The average molecular weight is 263 g/mol. The Morgan fingerprint density at radius 3 is 2.61 bits per heavy atom. The molecule has 0 aromatic rings. The van der Waals surface area contributed by atoms with Crippen molar-refractivity contribution in [1.29, 1.82) is 0 Å². The maximum atomic E-state index is 12.1. The Morgan fingerprint density at radius 2 is 2.11 bits per heavy atom. The topological polar surface area (TPSA) is 81.6 Å². The number of nitrogens with zero attached hydrogens (tertiary/aromatic N) is 1. The van der Waals surface area contributed by atoms with Crippen molar-refractivity contribution in [3.63, 3.8) is 0 Å². The Kier molecular flexibility index (Phi) is 8.97. The van der Waals surface area contributed by atoms with Crippen molar-refractivity contribution in [3.05, 3.63) is 0 Å². The molecule has 112 valence electrons. The Balaban J connectivity index is -0.000000689. The van der Waals surface area contributed by atoms with Gasteiger partial charge in [-0.3, -0.25) is 4.79 Å². The third-order valence-corrected chi connectivity index (χ3v) is 3.09. The lowest BCUT2D eigenvalue weighted by Gasteiger charge is -2.28. The number of carbonyl (C=O) groups excluding carboxylic acids is 1. The minimum Gasteiger partial charge on any atom is -0.364 e. The first-order chi connectivity index (χ1) is 8.57. The molecule has 0 bridgehead atoms. The average Bonchev–Trinajstić information content (AvgIpc) is 2.85. The lowest BCUT2D eigenvalue weighted by molar-refractivity contribution is -0.135. The highest BCUT2D eigenvalue weighted by molar-refractivity contribution is 5.82. The lowest BCUT2D eigenvalue weighted by Crippen LogP contribution is -2.49. The fraction of sp³-hybridized carbons (Fsp3) is 0.923. The van der Waals surface area contributed by atoms with E-state index in [1.54, 1.807) is 0 Å². The van der Waals surface area contributed by atoms with E-state index in [4.69, 9.17) is 16.2 Å². The van der Waals surface area contributed by atoms with Crippen LogP contribution in [0, 0.1) is 5.92 Å². The van der Waals surface area contributed by atoms with Crippen molar-refractivity contribution in [2.45, 2.75) is 52.6 Å². The van der Waals surface area contributed by atoms with Crippen molar-refractivity contribution >= 4 is 5.91 Å².